The Hall–Kier alpha value is -1.81. The number of likely N-dealkylation sites (N-methyl/N-ethyl adjacent to an activating group) is 1. The van der Waals surface area contributed by atoms with Crippen molar-refractivity contribution in [3.63, 3.8) is 0 Å². The van der Waals surface area contributed by atoms with Gasteiger partial charge >= 0.3 is 0 Å². The molecule has 0 aliphatic rings. The number of amides is 1. The number of nitrogens with zero attached hydrogens (tertiary/aromatic N) is 2. The van der Waals surface area contributed by atoms with E-state index < -0.39 is 0 Å². The van der Waals surface area contributed by atoms with Gasteiger partial charge in [0.05, 0.1) is 12.5 Å². The lowest BCUT2D eigenvalue weighted by molar-refractivity contribution is -0.129. The fraction of sp³-hybridized carbons (Fsp3) is 0.471. The first kappa shape index (κ1) is 15.6. The van der Waals surface area contributed by atoms with Crippen LogP contribution < -0.4 is 0 Å². The molecule has 0 aliphatic carbocycles. The lowest BCUT2D eigenvalue weighted by Crippen LogP contribution is -2.30. The summed E-state index contributed by atoms with van der Waals surface area (Å²) < 4.78 is 2.17. The highest BCUT2D eigenvalue weighted by molar-refractivity contribution is 5.89. The Morgan fingerprint density at radius 3 is 2.76 bits per heavy atom. The van der Waals surface area contributed by atoms with Crippen LogP contribution in [0.3, 0.4) is 0 Å². The lowest BCUT2D eigenvalue weighted by atomic mass is 10.1. The van der Waals surface area contributed by atoms with Crippen molar-refractivity contribution >= 4 is 16.8 Å². The highest BCUT2D eigenvalue weighted by Gasteiger charge is 2.14. The third-order valence-corrected chi connectivity index (χ3v) is 3.86. The van der Waals surface area contributed by atoms with E-state index in [4.69, 9.17) is 0 Å². The second-order valence-corrected chi connectivity index (χ2v) is 5.59. The molecule has 2 rings (SSSR count). The van der Waals surface area contributed by atoms with Gasteiger partial charge in [0.15, 0.2) is 0 Å². The third kappa shape index (κ3) is 3.64. The van der Waals surface area contributed by atoms with E-state index in [0.29, 0.717) is 19.4 Å². The number of hydrogen-bond acceptors (Lipinski definition) is 2. The van der Waals surface area contributed by atoms with Crippen molar-refractivity contribution in [2.24, 2.45) is 0 Å². The largest absolute Gasteiger partial charge is 0.393 e. The van der Waals surface area contributed by atoms with E-state index in [9.17, 15) is 9.90 Å². The van der Waals surface area contributed by atoms with E-state index in [0.717, 1.165) is 17.5 Å². The number of aryl methyl sites for hydroxylation is 1. The fourth-order valence-electron chi connectivity index (χ4n) is 2.53. The van der Waals surface area contributed by atoms with Crippen molar-refractivity contribution in [2.45, 2.75) is 39.3 Å². The van der Waals surface area contributed by atoms with E-state index in [1.807, 2.05) is 12.1 Å². The number of para-hydroxylation sites is 1. The van der Waals surface area contributed by atoms with Gasteiger partial charge in [-0.25, -0.2) is 0 Å². The van der Waals surface area contributed by atoms with E-state index in [1.54, 1.807) is 18.9 Å². The highest BCUT2D eigenvalue weighted by atomic mass is 16.3. The molecule has 1 aromatic carbocycles. The fourth-order valence-corrected chi connectivity index (χ4v) is 2.53. The van der Waals surface area contributed by atoms with Crippen LogP contribution in [0.4, 0.5) is 0 Å². The molecule has 1 atom stereocenters. The van der Waals surface area contributed by atoms with Gasteiger partial charge in [0.25, 0.3) is 0 Å². The molecule has 1 unspecified atom stereocenters. The zero-order chi connectivity index (χ0) is 15.4. The summed E-state index contributed by atoms with van der Waals surface area (Å²) in [7, 11) is 1.80. The molecule has 1 heterocycles. The number of rotatable bonds is 6. The standard InChI is InChI=1S/C17H24N2O2/c1-4-19-12-14(15-7-5-6-8-16(15)19)11-17(21)18(3)10-9-13(2)20/h5-8,12-13,20H,4,9-11H2,1-3H3. The molecule has 114 valence electrons. The number of aliphatic hydroxyl groups excluding tert-OH is 1. The van der Waals surface area contributed by atoms with Gasteiger partial charge in [-0.3, -0.25) is 4.79 Å². The van der Waals surface area contributed by atoms with Gasteiger partial charge in [-0.05, 0) is 31.9 Å². The smallest absolute Gasteiger partial charge is 0.226 e. The molecule has 0 bridgehead atoms. The highest BCUT2D eigenvalue weighted by Crippen LogP contribution is 2.22. The molecule has 1 N–H and O–H groups in total. The predicted octanol–water partition coefficient (Wildman–Crippen LogP) is 2.43. The number of benzene rings is 1. The Balaban J connectivity index is 2.14. The summed E-state index contributed by atoms with van der Waals surface area (Å²) in [6, 6.07) is 8.19. The van der Waals surface area contributed by atoms with Crippen LogP contribution in [-0.2, 0) is 17.8 Å². The molecular formula is C17H24N2O2. The topological polar surface area (TPSA) is 45.5 Å². The van der Waals surface area contributed by atoms with Gasteiger partial charge in [-0.15, -0.1) is 0 Å². The minimum absolute atomic E-state index is 0.0923. The third-order valence-electron chi connectivity index (χ3n) is 3.86. The van der Waals surface area contributed by atoms with Crippen LogP contribution >= 0.6 is 0 Å². The molecule has 0 radical (unpaired) electrons. The Morgan fingerprint density at radius 1 is 1.38 bits per heavy atom. The molecular weight excluding hydrogens is 264 g/mol. The Bertz CT molecular complexity index is 616. The molecule has 0 fully saturated rings. The van der Waals surface area contributed by atoms with Crippen molar-refractivity contribution in [3.05, 3.63) is 36.0 Å². The second-order valence-electron chi connectivity index (χ2n) is 5.59. The second kappa shape index (κ2) is 6.76. The Kier molecular flexibility index (Phi) is 5.02. The van der Waals surface area contributed by atoms with E-state index in [1.165, 1.54) is 5.52 Å². The van der Waals surface area contributed by atoms with E-state index in [-0.39, 0.29) is 12.0 Å². The minimum atomic E-state index is -0.373. The van der Waals surface area contributed by atoms with Crippen LogP contribution in [-0.4, -0.2) is 40.2 Å². The molecule has 21 heavy (non-hydrogen) atoms. The lowest BCUT2D eigenvalue weighted by Gasteiger charge is -2.17. The van der Waals surface area contributed by atoms with Gasteiger partial charge in [0.1, 0.15) is 0 Å². The molecule has 0 spiro atoms. The van der Waals surface area contributed by atoms with Gasteiger partial charge in [0.2, 0.25) is 5.91 Å². The quantitative estimate of drug-likeness (QED) is 0.887. The average molecular weight is 288 g/mol. The molecule has 2 aromatic rings. The van der Waals surface area contributed by atoms with Crippen LogP contribution in [0.1, 0.15) is 25.8 Å². The summed E-state index contributed by atoms with van der Waals surface area (Å²) in [6.07, 6.45) is 2.72. The van der Waals surface area contributed by atoms with Crippen LogP contribution in [0.15, 0.2) is 30.5 Å². The van der Waals surface area contributed by atoms with Crippen LogP contribution in [0.2, 0.25) is 0 Å². The maximum Gasteiger partial charge on any atom is 0.226 e. The number of carbonyl (C=O) groups is 1. The number of aliphatic hydroxyl groups is 1. The summed E-state index contributed by atoms with van der Waals surface area (Å²) in [4.78, 5) is 14.0. The molecule has 4 nitrogen and oxygen atoms in total. The predicted molar refractivity (Wildman–Crippen MR) is 85.3 cm³/mol. The van der Waals surface area contributed by atoms with Crippen molar-refractivity contribution in [1.29, 1.82) is 0 Å². The monoisotopic (exact) mass is 288 g/mol. The molecule has 1 amide bonds. The first-order valence-electron chi connectivity index (χ1n) is 7.51. The average Bonchev–Trinajstić information content (AvgIpc) is 2.83. The van der Waals surface area contributed by atoms with Crippen molar-refractivity contribution in [3.8, 4) is 0 Å². The van der Waals surface area contributed by atoms with E-state index >= 15 is 0 Å². The van der Waals surface area contributed by atoms with Gasteiger partial charge in [0, 0.05) is 37.2 Å². The first-order valence-corrected chi connectivity index (χ1v) is 7.51. The molecule has 4 heteroatoms. The van der Waals surface area contributed by atoms with Crippen molar-refractivity contribution in [1.82, 2.24) is 9.47 Å². The molecule has 0 aliphatic heterocycles. The molecule has 0 saturated carbocycles. The van der Waals surface area contributed by atoms with Crippen LogP contribution in [0.5, 0.6) is 0 Å². The first-order chi connectivity index (χ1) is 10.0. The van der Waals surface area contributed by atoms with Gasteiger partial charge in [-0.2, -0.15) is 0 Å². The summed E-state index contributed by atoms with van der Waals surface area (Å²) in [6.45, 7) is 5.33. The summed E-state index contributed by atoms with van der Waals surface area (Å²) in [5.41, 5.74) is 2.25. The Labute approximate surface area is 126 Å². The van der Waals surface area contributed by atoms with Gasteiger partial charge in [-0.1, -0.05) is 18.2 Å². The van der Waals surface area contributed by atoms with Crippen molar-refractivity contribution in [2.75, 3.05) is 13.6 Å². The number of carbonyl (C=O) groups excluding carboxylic acids is 1. The zero-order valence-corrected chi connectivity index (χ0v) is 13.0. The maximum atomic E-state index is 12.3. The van der Waals surface area contributed by atoms with Gasteiger partial charge < -0.3 is 14.6 Å². The maximum absolute atomic E-state index is 12.3. The van der Waals surface area contributed by atoms with Crippen LogP contribution in [0.25, 0.3) is 10.9 Å². The Morgan fingerprint density at radius 2 is 2.10 bits per heavy atom. The number of aromatic nitrogens is 1. The zero-order valence-electron chi connectivity index (χ0n) is 13.0. The summed E-state index contributed by atoms with van der Waals surface area (Å²) >= 11 is 0. The summed E-state index contributed by atoms with van der Waals surface area (Å²) in [5.74, 6) is 0.0923. The van der Waals surface area contributed by atoms with Crippen molar-refractivity contribution < 1.29 is 9.90 Å². The number of fused-ring (bicyclic) bond motifs is 1. The number of hydrogen-bond donors (Lipinski definition) is 1. The normalized spacial score (nSPS) is 12.6. The SMILES string of the molecule is CCn1cc(CC(=O)N(C)CCC(C)O)c2ccccc21. The summed E-state index contributed by atoms with van der Waals surface area (Å²) in [5, 5.41) is 10.5. The molecule has 1 aromatic heterocycles. The van der Waals surface area contributed by atoms with Crippen LogP contribution in [0, 0.1) is 0 Å². The molecule has 0 saturated heterocycles. The minimum Gasteiger partial charge on any atom is -0.393 e. The van der Waals surface area contributed by atoms with E-state index in [2.05, 4.69) is 29.8 Å².